The first-order chi connectivity index (χ1) is 9.26. The first-order valence-corrected chi connectivity index (χ1v) is 7.29. The molecule has 1 unspecified atom stereocenters. The van der Waals surface area contributed by atoms with Crippen molar-refractivity contribution in [3.63, 3.8) is 0 Å². The normalized spacial score (nSPS) is 20.4. The van der Waals surface area contributed by atoms with E-state index >= 15 is 0 Å². The Bertz CT molecular complexity index is 408. The molecule has 0 spiro atoms. The number of rotatable bonds is 4. The first kappa shape index (κ1) is 14.3. The highest BCUT2D eigenvalue weighted by molar-refractivity contribution is 5.43. The summed E-state index contributed by atoms with van der Waals surface area (Å²) < 4.78 is 14.4. The minimum absolute atomic E-state index is 0.160. The second kappa shape index (κ2) is 6.85. The second-order valence-corrected chi connectivity index (χ2v) is 5.33. The Morgan fingerprint density at radius 1 is 1.42 bits per heavy atom. The SMILES string of the molecule is CCC1CCCN(c2nccc(CNC)c2F)CC1. The molecule has 1 aromatic rings. The van der Waals surface area contributed by atoms with Gasteiger partial charge in [0.05, 0.1) is 0 Å². The van der Waals surface area contributed by atoms with Crippen LogP contribution in [-0.4, -0.2) is 25.1 Å². The molecule has 2 rings (SSSR count). The van der Waals surface area contributed by atoms with Crippen LogP contribution in [0.2, 0.25) is 0 Å². The Morgan fingerprint density at radius 2 is 2.26 bits per heavy atom. The third-order valence-electron chi connectivity index (χ3n) is 4.04. The van der Waals surface area contributed by atoms with E-state index in [0.717, 1.165) is 31.8 Å². The quantitative estimate of drug-likeness (QED) is 0.907. The van der Waals surface area contributed by atoms with E-state index in [1.54, 1.807) is 12.3 Å². The van der Waals surface area contributed by atoms with Crippen molar-refractivity contribution >= 4 is 5.82 Å². The fraction of sp³-hybridized carbons (Fsp3) is 0.667. The minimum atomic E-state index is -0.160. The number of halogens is 1. The van der Waals surface area contributed by atoms with Gasteiger partial charge in [0, 0.05) is 31.4 Å². The molecule has 1 aliphatic heterocycles. The third-order valence-corrected chi connectivity index (χ3v) is 4.04. The number of hydrogen-bond acceptors (Lipinski definition) is 3. The molecule has 1 atom stereocenters. The lowest BCUT2D eigenvalue weighted by Crippen LogP contribution is -2.27. The molecule has 19 heavy (non-hydrogen) atoms. The summed E-state index contributed by atoms with van der Waals surface area (Å²) in [4.78, 5) is 6.38. The van der Waals surface area contributed by atoms with Gasteiger partial charge in [-0.1, -0.05) is 13.3 Å². The molecule has 1 aromatic heterocycles. The van der Waals surface area contributed by atoms with Gasteiger partial charge in [0.15, 0.2) is 11.6 Å². The van der Waals surface area contributed by atoms with Gasteiger partial charge in [-0.15, -0.1) is 0 Å². The van der Waals surface area contributed by atoms with Gasteiger partial charge >= 0.3 is 0 Å². The molecule has 2 heterocycles. The molecule has 1 aliphatic rings. The van der Waals surface area contributed by atoms with Gasteiger partial charge in [0.2, 0.25) is 0 Å². The Morgan fingerprint density at radius 3 is 3.00 bits per heavy atom. The van der Waals surface area contributed by atoms with E-state index in [1.807, 2.05) is 7.05 Å². The summed E-state index contributed by atoms with van der Waals surface area (Å²) in [6.45, 7) is 4.63. The number of hydrogen-bond donors (Lipinski definition) is 1. The van der Waals surface area contributed by atoms with Crippen LogP contribution < -0.4 is 10.2 Å². The van der Waals surface area contributed by atoms with Gasteiger partial charge in [-0.2, -0.15) is 0 Å². The average molecular weight is 265 g/mol. The van der Waals surface area contributed by atoms with Crippen LogP contribution >= 0.6 is 0 Å². The fourth-order valence-corrected chi connectivity index (χ4v) is 2.80. The zero-order valence-electron chi connectivity index (χ0n) is 12.0. The van der Waals surface area contributed by atoms with Gasteiger partial charge in [-0.05, 0) is 38.3 Å². The molecule has 4 heteroatoms. The van der Waals surface area contributed by atoms with E-state index < -0.39 is 0 Å². The molecule has 3 nitrogen and oxygen atoms in total. The Balaban J connectivity index is 2.14. The van der Waals surface area contributed by atoms with Crippen LogP contribution in [0.5, 0.6) is 0 Å². The number of pyridine rings is 1. The molecular weight excluding hydrogens is 241 g/mol. The van der Waals surface area contributed by atoms with E-state index in [1.165, 1.54) is 12.8 Å². The van der Waals surface area contributed by atoms with E-state index in [9.17, 15) is 4.39 Å². The molecule has 0 saturated carbocycles. The van der Waals surface area contributed by atoms with Crippen molar-refractivity contribution in [2.45, 2.75) is 39.2 Å². The number of anilines is 1. The lowest BCUT2D eigenvalue weighted by atomic mass is 9.98. The van der Waals surface area contributed by atoms with Crippen LogP contribution in [0.25, 0.3) is 0 Å². The number of aromatic nitrogens is 1. The Labute approximate surface area is 115 Å². The summed E-state index contributed by atoms with van der Waals surface area (Å²) >= 11 is 0. The topological polar surface area (TPSA) is 28.2 Å². The summed E-state index contributed by atoms with van der Waals surface area (Å²) in [5.41, 5.74) is 0.698. The van der Waals surface area contributed by atoms with E-state index in [0.29, 0.717) is 17.9 Å². The molecule has 0 radical (unpaired) electrons. The van der Waals surface area contributed by atoms with Crippen LogP contribution in [0.4, 0.5) is 10.2 Å². The van der Waals surface area contributed by atoms with Gasteiger partial charge in [-0.3, -0.25) is 0 Å². The predicted octanol–water partition coefficient (Wildman–Crippen LogP) is 2.96. The van der Waals surface area contributed by atoms with E-state index in [4.69, 9.17) is 0 Å². The lowest BCUT2D eigenvalue weighted by molar-refractivity contribution is 0.459. The van der Waals surface area contributed by atoms with Crippen molar-refractivity contribution in [3.8, 4) is 0 Å². The summed E-state index contributed by atoms with van der Waals surface area (Å²) in [7, 11) is 1.83. The molecule has 0 bridgehead atoms. The largest absolute Gasteiger partial charge is 0.354 e. The number of nitrogens with zero attached hydrogens (tertiary/aromatic N) is 2. The maximum atomic E-state index is 14.4. The van der Waals surface area contributed by atoms with Gasteiger partial charge in [-0.25, -0.2) is 9.37 Å². The highest BCUT2D eigenvalue weighted by Gasteiger charge is 2.20. The third kappa shape index (κ3) is 3.44. The molecule has 0 aromatic carbocycles. The van der Waals surface area contributed by atoms with Gasteiger partial charge in [0.25, 0.3) is 0 Å². The van der Waals surface area contributed by atoms with Crippen molar-refractivity contribution < 1.29 is 4.39 Å². The Hall–Kier alpha value is -1.16. The maximum Gasteiger partial charge on any atom is 0.170 e. The highest BCUT2D eigenvalue weighted by Crippen LogP contribution is 2.26. The molecular formula is C15H24FN3. The monoisotopic (exact) mass is 265 g/mol. The molecule has 0 amide bonds. The van der Waals surface area contributed by atoms with E-state index in [2.05, 4.69) is 22.1 Å². The molecule has 1 N–H and O–H groups in total. The fourth-order valence-electron chi connectivity index (χ4n) is 2.80. The van der Waals surface area contributed by atoms with Crippen LogP contribution in [-0.2, 0) is 6.54 Å². The zero-order valence-corrected chi connectivity index (χ0v) is 12.0. The number of nitrogens with one attached hydrogen (secondary N) is 1. The van der Waals surface area contributed by atoms with Crippen molar-refractivity contribution in [1.82, 2.24) is 10.3 Å². The molecule has 0 aliphatic carbocycles. The smallest absolute Gasteiger partial charge is 0.170 e. The van der Waals surface area contributed by atoms with Crippen LogP contribution in [0.3, 0.4) is 0 Å². The predicted molar refractivity (Wildman–Crippen MR) is 76.8 cm³/mol. The molecule has 106 valence electrons. The first-order valence-electron chi connectivity index (χ1n) is 7.29. The molecule has 1 saturated heterocycles. The maximum absolute atomic E-state index is 14.4. The highest BCUT2D eigenvalue weighted by atomic mass is 19.1. The zero-order chi connectivity index (χ0) is 13.7. The van der Waals surface area contributed by atoms with Crippen molar-refractivity contribution in [2.24, 2.45) is 5.92 Å². The van der Waals surface area contributed by atoms with Crippen LogP contribution in [0, 0.1) is 11.7 Å². The standard InChI is InChI=1S/C15H24FN3/c1-3-12-5-4-9-19(10-7-12)15-14(16)13(11-17-2)6-8-18-15/h6,8,12,17H,3-5,7,9-11H2,1-2H3. The van der Waals surface area contributed by atoms with Crippen LogP contribution in [0.15, 0.2) is 12.3 Å². The average Bonchev–Trinajstić information content (AvgIpc) is 2.67. The summed E-state index contributed by atoms with van der Waals surface area (Å²) in [6.07, 6.45) is 6.48. The second-order valence-electron chi connectivity index (χ2n) is 5.33. The summed E-state index contributed by atoms with van der Waals surface area (Å²) in [5.74, 6) is 1.16. The summed E-state index contributed by atoms with van der Waals surface area (Å²) in [5, 5.41) is 3.00. The van der Waals surface area contributed by atoms with Crippen molar-refractivity contribution in [2.75, 3.05) is 25.0 Å². The lowest BCUT2D eigenvalue weighted by Gasteiger charge is -2.23. The van der Waals surface area contributed by atoms with E-state index in [-0.39, 0.29) is 5.82 Å². The van der Waals surface area contributed by atoms with Crippen molar-refractivity contribution in [3.05, 3.63) is 23.6 Å². The minimum Gasteiger partial charge on any atom is -0.354 e. The van der Waals surface area contributed by atoms with Gasteiger partial charge < -0.3 is 10.2 Å². The van der Waals surface area contributed by atoms with Gasteiger partial charge in [0.1, 0.15) is 0 Å². The summed E-state index contributed by atoms with van der Waals surface area (Å²) in [6, 6.07) is 1.75. The molecule has 1 fully saturated rings. The Kier molecular flexibility index (Phi) is 5.14. The van der Waals surface area contributed by atoms with Crippen molar-refractivity contribution in [1.29, 1.82) is 0 Å². The van der Waals surface area contributed by atoms with Crippen LogP contribution in [0.1, 0.15) is 38.2 Å².